The number of rotatable bonds is 9. The lowest BCUT2D eigenvalue weighted by molar-refractivity contribution is -0.385. The zero-order chi connectivity index (χ0) is 44.3. The van der Waals surface area contributed by atoms with E-state index in [1.807, 2.05) is 60.7 Å². The molecule has 19 heteroatoms. The number of aliphatic hydroxyl groups excluding tert-OH is 1. The first-order chi connectivity index (χ1) is 29.2. The van der Waals surface area contributed by atoms with Gasteiger partial charge >= 0.3 is 24.1 Å². The molecule has 17 nitrogen and oxygen atoms in total. The molecule has 0 bridgehead atoms. The van der Waals surface area contributed by atoms with E-state index in [1.165, 1.54) is 46.2 Å². The number of nitro groups is 2. The molecule has 2 aliphatic heterocycles. The number of esters is 1. The van der Waals surface area contributed by atoms with Crippen molar-refractivity contribution in [2.75, 3.05) is 26.2 Å². The van der Waals surface area contributed by atoms with Crippen LogP contribution < -0.4 is 0 Å². The fourth-order valence-electron chi connectivity index (χ4n) is 5.86. The Hall–Kier alpha value is -7.02. The van der Waals surface area contributed by atoms with Gasteiger partial charge in [0.1, 0.15) is 31.7 Å². The number of non-ortho nitro benzene ring substituents is 2. The van der Waals surface area contributed by atoms with Gasteiger partial charge in [-0.25, -0.2) is 28.0 Å². The second kappa shape index (κ2) is 24.9. The Kier molecular flexibility index (Phi) is 19.8. The molecule has 2 saturated heterocycles. The lowest BCUT2D eigenvalue weighted by atomic mass is 10.1. The molecule has 2 heterocycles. The van der Waals surface area contributed by atoms with Gasteiger partial charge in [-0.15, -0.1) is 0 Å². The molecule has 0 radical (unpaired) electrons. The summed E-state index contributed by atoms with van der Waals surface area (Å²) in [5.41, 5.74) is 1.62. The first kappa shape index (κ1) is 49.3. The number of carbonyl (C=O) groups is 4. The van der Waals surface area contributed by atoms with E-state index >= 15 is 0 Å². The van der Waals surface area contributed by atoms with Crippen LogP contribution in [0.25, 0.3) is 0 Å². The summed E-state index contributed by atoms with van der Waals surface area (Å²) in [6.07, 6.45) is -5.14. The van der Waals surface area contributed by atoms with Gasteiger partial charge in [-0.3, -0.25) is 20.2 Å². The van der Waals surface area contributed by atoms with Gasteiger partial charge in [-0.05, 0) is 54.7 Å². The van der Waals surface area contributed by atoms with E-state index in [1.54, 1.807) is 0 Å². The molecule has 6 rings (SSSR count). The van der Waals surface area contributed by atoms with Crippen LogP contribution in [0, 0.1) is 20.2 Å². The molecule has 2 fully saturated rings. The highest BCUT2D eigenvalue weighted by Crippen LogP contribution is 2.22. The molecule has 2 amide bonds. The molecule has 1 unspecified atom stereocenters. The van der Waals surface area contributed by atoms with E-state index in [-0.39, 0.29) is 88.5 Å². The first-order valence-corrected chi connectivity index (χ1v) is 19.0. The maximum Gasteiger partial charge on any atom is 0.410 e. The van der Waals surface area contributed by atoms with Crippen LogP contribution in [0.3, 0.4) is 0 Å². The van der Waals surface area contributed by atoms with Gasteiger partial charge in [-0.2, -0.15) is 0 Å². The van der Waals surface area contributed by atoms with Gasteiger partial charge in [0.05, 0.1) is 27.1 Å². The summed E-state index contributed by atoms with van der Waals surface area (Å²) in [6.45, 7) is 1.28. The largest absolute Gasteiger partial charge is 0.478 e. The Morgan fingerprint density at radius 1 is 0.613 bits per heavy atom. The minimum absolute atomic E-state index is 0. The highest BCUT2D eigenvalue weighted by molar-refractivity contribution is 5.90. The minimum Gasteiger partial charge on any atom is -0.478 e. The van der Waals surface area contributed by atoms with Crippen LogP contribution in [0.15, 0.2) is 109 Å². The molecular formula is C43H48F2N4O13. The first-order valence-electron chi connectivity index (χ1n) is 19.0. The van der Waals surface area contributed by atoms with Crippen LogP contribution in [-0.2, 0) is 27.4 Å². The van der Waals surface area contributed by atoms with Gasteiger partial charge in [-0.1, -0.05) is 68.1 Å². The number of alkyl halides is 2. The summed E-state index contributed by atoms with van der Waals surface area (Å²) in [6, 6.07) is 28.2. The number of hydrogen-bond donors (Lipinski definition) is 2. The number of likely N-dealkylation sites (tertiary alicyclic amines) is 2. The number of hydrogen-bond acceptors (Lipinski definition) is 12. The predicted octanol–water partition coefficient (Wildman–Crippen LogP) is 7.94. The van der Waals surface area contributed by atoms with Crippen molar-refractivity contribution >= 4 is 35.5 Å². The number of nitrogens with zero attached hydrogens (tertiary/aromatic N) is 4. The Morgan fingerprint density at radius 2 is 1.02 bits per heavy atom. The number of carbonyl (C=O) groups excluding carboxylic acids is 3. The average Bonchev–Trinajstić information content (AvgIpc) is 3.56. The van der Waals surface area contributed by atoms with Crippen molar-refractivity contribution < 1.29 is 62.2 Å². The number of carboxylic acids is 1. The predicted molar refractivity (Wildman–Crippen MR) is 220 cm³/mol. The summed E-state index contributed by atoms with van der Waals surface area (Å²) in [7, 11) is 0. The van der Waals surface area contributed by atoms with Crippen LogP contribution in [0.4, 0.5) is 29.7 Å². The molecule has 0 spiro atoms. The molecule has 0 saturated carbocycles. The minimum atomic E-state index is -1.43. The van der Waals surface area contributed by atoms with Crippen LogP contribution in [0.5, 0.6) is 0 Å². The molecule has 4 atom stereocenters. The van der Waals surface area contributed by atoms with E-state index in [2.05, 4.69) is 0 Å². The maximum absolute atomic E-state index is 14.5. The smallest absolute Gasteiger partial charge is 0.410 e. The lowest BCUT2D eigenvalue weighted by Crippen LogP contribution is -2.33. The molecular weight excluding hydrogens is 818 g/mol. The van der Waals surface area contributed by atoms with Crippen LogP contribution >= 0.6 is 0 Å². The monoisotopic (exact) mass is 866 g/mol. The average molecular weight is 867 g/mol. The summed E-state index contributed by atoms with van der Waals surface area (Å²) >= 11 is 0. The van der Waals surface area contributed by atoms with Gasteiger partial charge in [0.25, 0.3) is 11.4 Å². The normalized spacial score (nSPS) is 18.2. The van der Waals surface area contributed by atoms with E-state index < -0.39 is 58.5 Å². The Bertz CT molecular complexity index is 2020. The topological polar surface area (TPSA) is 229 Å². The molecule has 0 aromatic heterocycles. The van der Waals surface area contributed by atoms with E-state index in [4.69, 9.17) is 19.3 Å². The van der Waals surface area contributed by atoms with Gasteiger partial charge in [0.15, 0.2) is 0 Å². The number of aliphatic hydroxyl groups is 1. The zero-order valence-electron chi connectivity index (χ0n) is 32.7. The molecule has 0 aliphatic carbocycles. The quantitative estimate of drug-likeness (QED) is 0.0705. The molecule has 332 valence electrons. The van der Waals surface area contributed by atoms with Crippen molar-refractivity contribution in [3.8, 4) is 0 Å². The van der Waals surface area contributed by atoms with Crippen LogP contribution in [-0.4, -0.2) is 105 Å². The highest BCUT2D eigenvalue weighted by Gasteiger charge is 2.32. The van der Waals surface area contributed by atoms with Crippen LogP contribution in [0.2, 0.25) is 0 Å². The van der Waals surface area contributed by atoms with Gasteiger partial charge in [0, 0.05) is 56.9 Å². The number of benzene rings is 4. The highest BCUT2D eigenvalue weighted by atomic mass is 19.1. The molecule has 2 N–H and O–H groups in total. The molecule has 4 aromatic carbocycles. The SMILES string of the molecule is C.O=C(O)c1ccc([N+](=O)[O-])cc1.O=C(OC1CCN(C(=O)OCc2ccccc2)CC[C@@H]1F)c1ccc([N+](=O)[O-])cc1.O=C(OCc1ccccc1)N1CC[C@H](O)[C@@H](F)CC1. The second-order valence-electron chi connectivity index (χ2n) is 13.7. The molecule has 2 aliphatic rings. The van der Waals surface area contributed by atoms with Crippen molar-refractivity contribution in [1.82, 2.24) is 9.80 Å². The Morgan fingerprint density at radius 3 is 1.45 bits per heavy atom. The van der Waals surface area contributed by atoms with Crippen molar-refractivity contribution in [3.63, 3.8) is 0 Å². The van der Waals surface area contributed by atoms with E-state index in [0.29, 0.717) is 6.54 Å². The van der Waals surface area contributed by atoms with E-state index in [0.717, 1.165) is 23.3 Å². The number of amides is 2. The van der Waals surface area contributed by atoms with Gasteiger partial charge < -0.3 is 34.2 Å². The molecule has 4 aromatic rings. The summed E-state index contributed by atoms with van der Waals surface area (Å²) < 4.78 is 43.5. The standard InChI is InChI=1S/C21H21FN2O6.C14H18FNO3.C7H5NO4.CH4/c22-18-10-12-23(21(26)29-14-15-4-2-1-3-5-15)13-11-19(18)30-20(25)16-6-8-17(9-7-16)24(27)28;15-12-6-8-16(9-7-13(12)17)14(18)19-10-11-4-2-1-3-5-11;9-7(10)5-1-3-6(4-2-5)8(11)12;/h1-9,18-19H,10-14H2;1-5,12-13,17H,6-10H2;1-4H,(H,9,10);1H4/t18-,19?;12-,13-;;/m00../s1. The van der Waals surface area contributed by atoms with Crippen molar-refractivity contribution in [1.29, 1.82) is 0 Å². The van der Waals surface area contributed by atoms with Crippen molar-refractivity contribution in [2.45, 2.75) is 70.9 Å². The summed E-state index contributed by atoms with van der Waals surface area (Å²) in [4.78, 5) is 69.2. The molecule has 62 heavy (non-hydrogen) atoms. The van der Waals surface area contributed by atoms with Gasteiger partial charge in [0.2, 0.25) is 0 Å². The number of nitro benzene ring substituents is 2. The number of ether oxygens (including phenoxy) is 3. The number of carboxylic acid groups (broad SMARTS) is 1. The fraction of sp³-hybridized carbons (Fsp3) is 0.349. The Labute approximate surface area is 355 Å². The van der Waals surface area contributed by atoms with Crippen molar-refractivity contribution in [3.05, 3.63) is 152 Å². The third kappa shape index (κ3) is 15.9. The third-order valence-corrected chi connectivity index (χ3v) is 9.37. The van der Waals surface area contributed by atoms with Crippen LogP contribution in [0.1, 0.15) is 65.0 Å². The fourth-order valence-corrected chi connectivity index (χ4v) is 5.86. The van der Waals surface area contributed by atoms with Crippen molar-refractivity contribution in [2.24, 2.45) is 0 Å². The summed E-state index contributed by atoms with van der Waals surface area (Å²) in [5, 5.41) is 38.7. The number of aromatic carboxylic acids is 1. The Balaban J connectivity index is 0.000000273. The number of halogens is 2. The lowest BCUT2D eigenvalue weighted by Gasteiger charge is -2.20. The zero-order valence-corrected chi connectivity index (χ0v) is 32.7. The maximum atomic E-state index is 14.5. The summed E-state index contributed by atoms with van der Waals surface area (Å²) in [5.74, 6) is -1.86. The van der Waals surface area contributed by atoms with E-state index in [9.17, 15) is 53.3 Å². The third-order valence-electron chi connectivity index (χ3n) is 9.37. The second-order valence-corrected chi connectivity index (χ2v) is 13.7.